The van der Waals surface area contributed by atoms with E-state index in [4.69, 9.17) is 10.00 Å². The minimum Gasteiger partial charge on any atom is -1.00 e. The minimum absolute atomic E-state index is 0. The zero-order valence-corrected chi connectivity index (χ0v) is 8.77. The molecule has 0 radical (unpaired) electrons. The first-order valence-corrected chi connectivity index (χ1v) is 2.72. The molecule has 9 heavy (non-hydrogen) atoms. The molecule has 0 aromatic carbocycles. The van der Waals surface area contributed by atoms with E-state index in [2.05, 4.69) is 0 Å². The first kappa shape index (κ1) is 16.2. The zero-order valence-electron chi connectivity index (χ0n) is 7.77. The molecule has 0 rings (SSSR count). The maximum absolute atomic E-state index is 7.32. The summed E-state index contributed by atoms with van der Waals surface area (Å²) in [6, 6.07) is 1.75. The Labute approximate surface area is 81.0 Å². The maximum Gasteiger partial charge on any atom is 1.00 e. The van der Waals surface area contributed by atoms with Gasteiger partial charge in [0, 0.05) is 20.1 Å². The van der Waals surface area contributed by atoms with Gasteiger partial charge >= 0.3 is 29.6 Å². The van der Waals surface area contributed by atoms with Gasteiger partial charge in [-0.3, -0.25) is 0 Å². The summed E-state index contributed by atoms with van der Waals surface area (Å²) in [6.45, 7) is 7.10. The molecule has 0 heterocycles. The van der Waals surface area contributed by atoms with Crippen LogP contribution in [0, 0.1) is 11.3 Å². The third-order valence-corrected chi connectivity index (χ3v) is 0.408. The SMILES string of the molecule is CC#N.CCOCC.[H-].[Na+]. The Hall–Kier alpha value is 0.450. The number of nitriles is 1. The number of rotatable bonds is 2. The van der Waals surface area contributed by atoms with E-state index in [1.165, 1.54) is 6.92 Å². The summed E-state index contributed by atoms with van der Waals surface area (Å²) in [5.74, 6) is 0. The van der Waals surface area contributed by atoms with Crippen molar-refractivity contribution in [2.24, 2.45) is 0 Å². The van der Waals surface area contributed by atoms with Crippen LogP contribution in [0.2, 0.25) is 0 Å². The van der Waals surface area contributed by atoms with Gasteiger partial charge in [0.15, 0.2) is 0 Å². The van der Waals surface area contributed by atoms with Crippen LogP contribution in [-0.2, 0) is 4.74 Å². The third-order valence-electron chi connectivity index (χ3n) is 0.408. The van der Waals surface area contributed by atoms with E-state index in [1.54, 1.807) is 6.07 Å². The van der Waals surface area contributed by atoms with Gasteiger partial charge in [-0.1, -0.05) is 0 Å². The minimum atomic E-state index is 0. The van der Waals surface area contributed by atoms with Gasteiger partial charge in [-0.15, -0.1) is 0 Å². The fourth-order valence-electron chi connectivity index (χ4n) is 0.204. The van der Waals surface area contributed by atoms with Gasteiger partial charge in [0.25, 0.3) is 0 Å². The van der Waals surface area contributed by atoms with Crippen molar-refractivity contribution in [1.29, 1.82) is 5.26 Å². The standard InChI is InChI=1S/C4H10O.C2H3N.Na.H/c1-3-5-4-2;1-2-3;;/h3-4H2,1-2H3;1H3;;/q;;+1;-1. The van der Waals surface area contributed by atoms with E-state index in [1.807, 2.05) is 13.8 Å². The van der Waals surface area contributed by atoms with Crippen molar-refractivity contribution in [3.8, 4) is 6.07 Å². The first-order valence-electron chi connectivity index (χ1n) is 2.72. The molecule has 0 aromatic rings. The Balaban J connectivity index is -0.0000000326. The molecule has 0 aliphatic heterocycles. The molecule has 0 spiro atoms. The zero-order chi connectivity index (χ0) is 6.83. The van der Waals surface area contributed by atoms with Crippen LogP contribution in [0.25, 0.3) is 0 Å². The van der Waals surface area contributed by atoms with Gasteiger partial charge in [-0.2, -0.15) is 5.26 Å². The van der Waals surface area contributed by atoms with E-state index >= 15 is 0 Å². The molecule has 3 heteroatoms. The molecule has 0 unspecified atom stereocenters. The van der Waals surface area contributed by atoms with Crippen molar-refractivity contribution < 1.29 is 35.7 Å². The molecular formula is C6H14NNaO. The molecule has 0 bridgehead atoms. The van der Waals surface area contributed by atoms with Crippen molar-refractivity contribution in [2.45, 2.75) is 20.8 Å². The van der Waals surface area contributed by atoms with E-state index in [-0.39, 0.29) is 31.0 Å². The van der Waals surface area contributed by atoms with Crippen LogP contribution >= 0.6 is 0 Å². The van der Waals surface area contributed by atoms with Crippen molar-refractivity contribution in [3.63, 3.8) is 0 Å². The Kier molecular flexibility index (Phi) is 42.7. The van der Waals surface area contributed by atoms with E-state index in [0.29, 0.717) is 0 Å². The number of hydrogen-bond acceptors (Lipinski definition) is 2. The molecule has 0 atom stereocenters. The Bertz CT molecular complexity index is 63.3. The van der Waals surface area contributed by atoms with Gasteiger partial charge in [0.1, 0.15) is 0 Å². The first-order chi connectivity index (χ1) is 3.83. The van der Waals surface area contributed by atoms with Crippen molar-refractivity contribution in [3.05, 3.63) is 0 Å². The molecule has 0 aliphatic rings. The van der Waals surface area contributed by atoms with Crippen LogP contribution in [0.3, 0.4) is 0 Å². The van der Waals surface area contributed by atoms with Crippen LogP contribution in [0.4, 0.5) is 0 Å². The second-order valence-electron chi connectivity index (χ2n) is 1.01. The molecule has 0 fully saturated rings. The van der Waals surface area contributed by atoms with E-state index in [9.17, 15) is 0 Å². The fraction of sp³-hybridized carbons (Fsp3) is 0.833. The third kappa shape index (κ3) is 58.6. The van der Waals surface area contributed by atoms with Crippen LogP contribution in [-0.4, -0.2) is 13.2 Å². The smallest absolute Gasteiger partial charge is 1.00 e. The molecular weight excluding hydrogens is 125 g/mol. The topological polar surface area (TPSA) is 33.0 Å². The second kappa shape index (κ2) is 23.7. The molecule has 0 amide bonds. The van der Waals surface area contributed by atoms with E-state index < -0.39 is 0 Å². The van der Waals surface area contributed by atoms with Gasteiger partial charge < -0.3 is 6.16 Å². The summed E-state index contributed by atoms with van der Waals surface area (Å²) in [5.41, 5.74) is 0. The average Bonchev–Trinajstić information content (AvgIpc) is 1.71. The summed E-state index contributed by atoms with van der Waals surface area (Å²) >= 11 is 0. The van der Waals surface area contributed by atoms with Crippen LogP contribution < -0.4 is 29.6 Å². The number of hydrogen-bond donors (Lipinski definition) is 0. The Morgan fingerprint density at radius 2 is 1.67 bits per heavy atom. The number of ether oxygens (including phenoxy) is 1. The normalized spacial score (nSPS) is 5.56. The predicted octanol–water partition coefficient (Wildman–Crippen LogP) is -1.31. The average molecular weight is 139 g/mol. The van der Waals surface area contributed by atoms with Crippen molar-refractivity contribution >= 4 is 0 Å². The maximum atomic E-state index is 7.32. The van der Waals surface area contributed by atoms with Crippen LogP contribution in [0.15, 0.2) is 0 Å². The second-order valence-corrected chi connectivity index (χ2v) is 1.01. The molecule has 0 aromatic heterocycles. The van der Waals surface area contributed by atoms with Crippen molar-refractivity contribution in [1.82, 2.24) is 0 Å². The summed E-state index contributed by atoms with van der Waals surface area (Å²) in [6.07, 6.45) is 0. The van der Waals surface area contributed by atoms with Gasteiger partial charge in [-0.25, -0.2) is 0 Å². The number of nitrogens with zero attached hydrogens (tertiary/aromatic N) is 1. The predicted molar refractivity (Wildman–Crippen MR) is 34.6 cm³/mol. The quantitative estimate of drug-likeness (QED) is 0.445. The Morgan fingerprint density at radius 1 is 1.44 bits per heavy atom. The molecule has 50 valence electrons. The Morgan fingerprint density at radius 3 is 1.67 bits per heavy atom. The van der Waals surface area contributed by atoms with Crippen LogP contribution in [0.5, 0.6) is 0 Å². The molecule has 0 saturated carbocycles. The fourth-order valence-corrected chi connectivity index (χ4v) is 0.204. The largest absolute Gasteiger partial charge is 1.00 e. The van der Waals surface area contributed by atoms with Crippen LogP contribution in [0.1, 0.15) is 22.2 Å². The van der Waals surface area contributed by atoms with Crippen molar-refractivity contribution in [2.75, 3.05) is 13.2 Å². The summed E-state index contributed by atoms with van der Waals surface area (Å²) in [4.78, 5) is 0. The van der Waals surface area contributed by atoms with Gasteiger partial charge in [0.2, 0.25) is 0 Å². The molecule has 0 N–H and O–H groups in total. The summed E-state index contributed by atoms with van der Waals surface area (Å²) < 4.78 is 4.83. The summed E-state index contributed by atoms with van der Waals surface area (Å²) in [7, 11) is 0. The monoisotopic (exact) mass is 139 g/mol. The molecule has 0 saturated heterocycles. The van der Waals surface area contributed by atoms with E-state index in [0.717, 1.165) is 13.2 Å². The summed E-state index contributed by atoms with van der Waals surface area (Å²) in [5, 5.41) is 7.32. The van der Waals surface area contributed by atoms with Gasteiger partial charge in [-0.05, 0) is 13.8 Å². The van der Waals surface area contributed by atoms with Gasteiger partial charge in [0.05, 0.1) is 6.07 Å². The molecule has 2 nitrogen and oxygen atoms in total. The molecule has 0 aliphatic carbocycles.